The third-order valence-electron chi connectivity index (χ3n) is 5.44. The Morgan fingerprint density at radius 2 is 1.93 bits per heavy atom. The van der Waals surface area contributed by atoms with E-state index < -0.39 is 6.10 Å². The first-order valence-corrected chi connectivity index (χ1v) is 10.4. The van der Waals surface area contributed by atoms with Gasteiger partial charge >= 0.3 is 0 Å². The molecule has 2 aromatic carbocycles. The van der Waals surface area contributed by atoms with Gasteiger partial charge in [-0.2, -0.15) is 0 Å². The van der Waals surface area contributed by atoms with E-state index in [1.807, 2.05) is 29.2 Å². The molecule has 4 rings (SSSR count). The van der Waals surface area contributed by atoms with Crippen LogP contribution in [0, 0.1) is 6.92 Å². The van der Waals surface area contributed by atoms with Gasteiger partial charge < -0.3 is 9.74 Å². The molecule has 2 aromatic rings. The maximum atomic E-state index is 12.9. The summed E-state index contributed by atoms with van der Waals surface area (Å²) in [4.78, 5) is 22.7. The SMILES string of the molecule is Cc1ccccc1CN1CCN(C(=O)C2CC(c3cccc(Br)c3)=NO2)CC1. The van der Waals surface area contributed by atoms with Crippen molar-refractivity contribution >= 4 is 27.5 Å². The first-order chi connectivity index (χ1) is 13.6. The van der Waals surface area contributed by atoms with Crippen molar-refractivity contribution < 1.29 is 9.63 Å². The summed E-state index contributed by atoms with van der Waals surface area (Å²) in [5.41, 5.74) is 4.50. The molecule has 1 amide bonds. The molecule has 146 valence electrons. The number of rotatable bonds is 4. The molecule has 0 aliphatic carbocycles. The van der Waals surface area contributed by atoms with Gasteiger partial charge in [0, 0.05) is 49.2 Å². The molecule has 2 aliphatic rings. The summed E-state index contributed by atoms with van der Waals surface area (Å²) in [7, 11) is 0. The summed E-state index contributed by atoms with van der Waals surface area (Å²) >= 11 is 3.47. The van der Waals surface area contributed by atoms with Gasteiger partial charge in [0.15, 0.2) is 0 Å². The molecular formula is C22H24BrN3O2. The number of piperazine rings is 1. The second kappa shape index (κ2) is 8.45. The van der Waals surface area contributed by atoms with Gasteiger partial charge in [-0.25, -0.2) is 0 Å². The molecule has 28 heavy (non-hydrogen) atoms. The van der Waals surface area contributed by atoms with Gasteiger partial charge in [-0.3, -0.25) is 9.69 Å². The third-order valence-corrected chi connectivity index (χ3v) is 5.93. The summed E-state index contributed by atoms with van der Waals surface area (Å²) in [6.45, 7) is 6.31. The van der Waals surface area contributed by atoms with Gasteiger partial charge in [0.05, 0.1) is 5.71 Å². The highest BCUT2D eigenvalue weighted by molar-refractivity contribution is 9.10. The highest BCUT2D eigenvalue weighted by Gasteiger charge is 2.33. The lowest BCUT2D eigenvalue weighted by Gasteiger charge is -2.35. The van der Waals surface area contributed by atoms with Gasteiger partial charge in [0.1, 0.15) is 0 Å². The van der Waals surface area contributed by atoms with Crippen LogP contribution in [0.2, 0.25) is 0 Å². The predicted octanol–water partition coefficient (Wildman–Crippen LogP) is 3.59. The molecule has 2 heterocycles. The van der Waals surface area contributed by atoms with Crippen LogP contribution >= 0.6 is 15.9 Å². The van der Waals surface area contributed by atoms with Crippen molar-refractivity contribution in [2.24, 2.45) is 5.16 Å². The van der Waals surface area contributed by atoms with Crippen LogP contribution in [-0.2, 0) is 16.2 Å². The Bertz CT molecular complexity index is 891. The Labute approximate surface area is 174 Å². The van der Waals surface area contributed by atoms with Gasteiger partial charge in [0.2, 0.25) is 6.10 Å². The molecular weight excluding hydrogens is 418 g/mol. The molecule has 1 atom stereocenters. The van der Waals surface area contributed by atoms with Crippen LogP contribution in [0.5, 0.6) is 0 Å². The van der Waals surface area contributed by atoms with Crippen molar-refractivity contribution in [2.45, 2.75) is 26.0 Å². The van der Waals surface area contributed by atoms with Crippen LogP contribution in [0.3, 0.4) is 0 Å². The van der Waals surface area contributed by atoms with E-state index in [9.17, 15) is 4.79 Å². The molecule has 1 fully saturated rings. The van der Waals surface area contributed by atoms with E-state index in [4.69, 9.17) is 4.84 Å². The molecule has 6 heteroatoms. The Balaban J connectivity index is 1.30. The maximum absolute atomic E-state index is 12.9. The van der Waals surface area contributed by atoms with Crippen molar-refractivity contribution in [3.63, 3.8) is 0 Å². The number of hydrogen-bond acceptors (Lipinski definition) is 4. The first kappa shape index (κ1) is 19.2. The molecule has 2 aliphatic heterocycles. The third kappa shape index (κ3) is 4.28. The second-order valence-corrected chi connectivity index (χ2v) is 8.29. The molecule has 0 spiro atoms. The zero-order valence-electron chi connectivity index (χ0n) is 16.0. The molecule has 0 N–H and O–H groups in total. The first-order valence-electron chi connectivity index (χ1n) is 9.64. The van der Waals surface area contributed by atoms with Gasteiger partial charge in [-0.15, -0.1) is 0 Å². The normalized spacial score (nSPS) is 20.0. The summed E-state index contributed by atoms with van der Waals surface area (Å²) in [6.07, 6.45) is 0.0236. The topological polar surface area (TPSA) is 45.1 Å². The molecule has 1 saturated heterocycles. The quantitative estimate of drug-likeness (QED) is 0.727. The predicted molar refractivity (Wildman–Crippen MR) is 113 cm³/mol. The number of hydrogen-bond donors (Lipinski definition) is 0. The lowest BCUT2D eigenvalue weighted by molar-refractivity contribution is -0.143. The number of carbonyl (C=O) groups excluding carboxylic acids is 1. The fourth-order valence-corrected chi connectivity index (χ4v) is 4.11. The number of benzene rings is 2. The molecule has 1 unspecified atom stereocenters. The van der Waals surface area contributed by atoms with Gasteiger partial charge in [0.25, 0.3) is 5.91 Å². The van der Waals surface area contributed by atoms with Crippen LogP contribution in [0.4, 0.5) is 0 Å². The molecule has 5 nitrogen and oxygen atoms in total. The van der Waals surface area contributed by atoms with E-state index in [1.165, 1.54) is 11.1 Å². The van der Waals surface area contributed by atoms with E-state index in [0.717, 1.165) is 48.5 Å². The Morgan fingerprint density at radius 3 is 2.68 bits per heavy atom. The van der Waals surface area contributed by atoms with Crippen molar-refractivity contribution in [3.05, 3.63) is 69.7 Å². The minimum atomic E-state index is -0.503. The highest BCUT2D eigenvalue weighted by atomic mass is 79.9. The second-order valence-electron chi connectivity index (χ2n) is 7.37. The van der Waals surface area contributed by atoms with Gasteiger partial charge in [-0.05, 0) is 30.2 Å². The van der Waals surface area contributed by atoms with Gasteiger partial charge in [-0.1, -0.05) is 57.5 Å². The molecule has 0 bridgehead atoms. The van der Waals surface area contributed by atoms with E-state index in [1.54, 1.807) is 0 Å². The fourth-order valence-electron chi connectivity index (χ4n) is 3.71. The molecule has 0 radical (unpaired) electrons. The van der Waals surface area contributed by atoms with Crippen LogP contribution in [0.15, 0.2) is 58.2 Å². The van der Waals surface area contributed by atoms with E-state index in [2.05, 4.69) is 57.2 Å². The zero-order valence-corrected chi connectivity index (χ0v) is 17.6. The molecule has 0 aromatic heterocycles. The fraction of sp³-hybridized carbons (Fsp3) is 0.364. The highest BCUT2D eigenvalue weighted by Crippen LogP contribution is 2.22. The number of nitrogens with zero attached hydrogens (tertiary/aromatic N) is 3. The van der Waals surface area contributed by atoms with Crippen LogP contribution < -0.4 is 0 Å². The lowest BCUT2D eigenvalue weighted by Crippen LogP contribution is -2.51. The number of amides is 1. The van der Waals surface area contributed by atoms with Crippen LogP contribution in [0.1, 0.15) is 23.1 Å². The zero-order chi connectivity index (χ0) is 19.5. The minimum absolute atomic E-state index is 0.0456. The molecule has 0 saturated carbocycles. The maximum Gasteiger partial charge on any atom is 0.266 e. The van der Waals surface area contributed by atoms with Crippen molar-refractivity contribution in [1.29, 1.82) is 0 Å². The average molecular weight is 442 g/mol. The number of oxime groups is 1. The Hall–Kier alpha value is -2.18. The number of aryl methyl sites for hydroxylation is 1. The van der Waals surface area contributed by atoms with E-state index in [0.29, 0.717) is 6.42 Å². The van der Waals surface area contributed by atoms with Crippen molar-refractivity contribution in [2.75, 3.05) is 26.2 Å². The van der Waals surface area contributed by atoms with Crippen molar-refractivity contribution in [3.8, 4) is 0 Å². The lowest BCUT2D eigenvalue weighted by atomic mass is 10.0. The van der Waals surface area contributed by atoms with E-state index >= 15 is 0 Å². The monoisotopic (exact) mass is 441 g/mol. The van der Waals surface area contributed by atoms with Crippen LogP contribution in [-0.4, -0.2) is 53.7 Å². The number of halogens is 1. The summed E-state index contributed by atoms with van der Waals surface area (Å²) in [5.74, 6) is 0.0456. The summed E-state index contributed by atoms with van der Waals surface area (Å²) in [6, 6.07) is 16.4. The largest absolute Gasteiger partial charge is 0.382 e. The summed E-state index contributed by atoms with van der Waals surface area (Å²) < 4.78 is 0.993. The standard InChI is InChI=1S/C22H24BrN3O2/c1-16-5-2-3-6-18(16)15-25-9-11-26(12-10-25)22(27)21-14-20(24-28-21)17-7-4-8-19(23)13-17/h2-8,13,21H,9-12,14-15H2,1H3. The average Bonchev–Trinajstić information content (AvgIpc) is 3.20. The smallest absolute Gasteiger partial charge is 0.266 e. The minimum Gasteiger partial charge on any atom is -0.382 e. The summed E-state index contributed by atoms with van der Waals surface area (Å²) in [5, 5.41) is 4.16. The van der Waals surface area contributed by atoms with E-state index in [-0.39, 0.29) is 5.91 Å². The number of carbonyl (C=O) groups is 1. The Morgan fingerprint density at radius 1 is 1.14 bits per heavy atom. The van der Waals surface area contributed by atoms with Crippen LogP contribution in [0.25, 0.3) is 0 Å². The Kier molecular flexibility index (Phi) is 5.78. The van der Waals surface area contributed by atoms with Crippen molar-refractivity contribution in [1.82, 2.24) is 9.80 Å².